The molecule has 0 aromatic heterocycles. The predicted molar refractivity (Wildman–Crippen MR) is 167 cm³/mol. The van der Waals surface area contributed by atoms with Gasteiger partial charge in [0.15, 0.2) is 16.6 Å². The summed E-state index contributed by atoms with van der Waals surface area (Å²) in [5.74, 6) is 0.423. The molecule has 3 atom stereocenters. The topological polar surface area (TPSA) is 27.7 Å². The minimum atomic E-state index is -1.88. The van der Waals surface area contributed by atoms with Gasteiger partial charge in [-0.1, -0.05) is 103 Å². The van der Waals surface area contributed by atoms with Gasteiger partial charge in [-0.2, -0.15) is 0 Å². The predicted octanol–water partition coefficient (Wildman–Crippen LogP) is 9.92. The molecule has 1 rings (SSSR count). The molecule has 0 aliphatic heterocycles. The van der Waals surface area contributed by atoms with Crippen molar-refractivity contribution in [3.05, 3.63) is 60.2 Å². The molecule has 0 bridgehead atoms. The molecule has 0 unspecified atom stereocenters. The first-order valence-corrected chi connectivity index (χ1v) is 20.1. The van der Waals surface area contributed by atoms with Crippen molar-refractivity contribution in [1.29, 1.82) is 0 Å². The molecule has 37 heavy (non-hydrogen) atoms. The van der Waals surface area contributed by atoms with Crippen LogP contribution in [0.4, 0.5) is 0 Å². The van der Waals surface area contributed by atoms with Crippen LogP contribution in [0.5, 0.6) is 0 Å². The normalized spacial score (nSPS) is 16.4. The SMILES string of the molecule is C/C=C/[C@@H](C/C=C/C[C@H](C)[C@H](CCOCc1ccccc1)O[Si](C)(C)C(C)(C)C)O[Si](C)(C)C(C)(C)C. The Kier molecular flexibility index (Phi) is 13.8. The number of hydrogen-bond donors (Lipinski definition) is 0. The highest BCUT2D eigenvalue weighted by molar-refractivity contribution is 6.74. The van der Waals surface area contributed by atoms with E-state index in [-0.39, 0.29) is 22.3 Å². The van der Waals surface area contributed by atoms with Gasteiger partial charge in [0.05, 0.1) is 18.8 Å². The highest BCUT2D eigenvalue weighted by Crippen LogP contribution is 2.39. The summed E-state index contributed by atoms with van der Waals surface area (Å²) in [5.41, 5.74) is 1.22. The Hall–Kier alpha value is -0.986. The van der Waals surface area contributed by atoms with Crippen molar-refractivity contribution in [3.63, 3.8) is 0 Å². The van der Waals surface area contributed by atoms with E-state index in [0.717, 1.165) is 19.3 Å². The average Bonchev–Trinajstić information content (AvgIpc) is 2.77. The lowest BCUT2D eigenvalue weighted by Crippen LogP contribution is -2.45. The largest absolute Gasteiger partial charge is 0.414 e. The van der Waals surface area contributed by atoms with Gasteiger partial charge >= 0.3 is 0 Å². The smallest absolute Gasteiger partial charge is 0.192 e. The van der Waals surface area contributed by atoms with E-state index in [0.29, 0.717) is 19.1 Å². The van der Waals surface area contributed by atoms with Crippen LogP contribution in [0.1, 0.15) is 80.2 Å². The monoisotopic (exact) mass is 546 g/mol. The van der Waals surface area contributed by atoms with Crippen molar-refractivity contribution in [2.75, 3.05) is 6.61 Å². The van der Waals surface area contributed by atoms with Crippen LogP contribution < -0.4 is 0 Å². The van der Waals surface area contributed by atoms with Crippen molar-refractivity contribution >= 4 is 16.6 Å². The van der Waals surface area contributed by atoms with Crippen LogP contribution in [0.3, 0.4) is 0 Å². The van der Waals surface area contributed by atoms with E-state index in [9.17, 15) is 0 Å². The van der Waals surface area contributed by atoms with Crippen LogP contribution in [0.15, 0.2) is 54.6 Å². The Morgan fingerprint density at radius 2 is 1.35 bits per heavy atom. The minimum absolute atomic E-state index is 0.142. The maximum atomic E-state index is 6.93. The number of allylic oxidation sites excluding steroid dienone is 2. The van der Waals surface area contributed by atoms with Gasteiger partial charge in [-0.3, -0.25) is 0 Å². The summed E-state index contributed by atoms with van der Waals surface area (Å²) >= 11 is 0. The van der Waals surface area contributed by atoms with Gasteiger partial charge in [-0.25, -0.2) is 0 Å². The van der Waals surface area contributed by atoms with E-state index in [1.54, 1.807) is 0 Å². The van der Waals surface area contributed by atoms with Crippen LogP contribution >= 0.6 is 0 Å². The van der Waals surface area contributed by atoms with Crippen molar-refractivity contribution in [1.82, 2.24) is 0 Å². The van der Waals surface area contributed by atoms with Gasteiger partial charge in [0, 0.05) is 6.61 Å². The maximum Gasteiger partial charge on any atom is 0.192 e. The highest BCUT2D eigenvalue weighted by Gasteiger charge is 2.40. The first-order valence-electron chi connectivity index (χ1n) is 14.3. The summed E-state index contributed by atoms with van der Waals surface area (Å²) in [6, 6.07) is 10.4. The summed E-state index contributed by atoms with van der Waals surface area (Å²) in [7, 11) is -3.69. The first kappa shape index (κ1) is 34.0. The fourth-order valence-electron chi connectivity index (χ4n) is 3.61. The van der Waals surface area contributed by atoms with E-state index in [2.05, 4.69) is 130 Å². The minimum Gasteiger partial charge on any atom is -0.414 e. The summed E-state index contributed by atoms with van der Waals surface area (Å²) in [6.07, 6.45) is 12.1. The molecule has 0 amide bonds. The van der Waals surface area contributed by atoms with Crippen LogP contribution in [0.25, 0.3) is 0 Å². The second kappa shape index (κ2) is 15.0. The number of benzene rings is 1. The lowest BCUT2D eigenvalue weighted by atomic mass is 9.98. The lowest BCUT2D eigenvalue weighted by Gasteiger charge is -2.41. The van der Waals surface area contributed by atoms with Gasteiger partial charge in [0.1, 0.15) is 0 Å². The van der Waals surface area contributed by atoms with Crippen LogP contribution in [-0.2, 0) is 20.2 Å². The zero-order chi connectivity index (χ0) is 28.3. The molecular weight excluding hydrogens is 489 g/mol. The summed E-state index contributed by atoms with van der Waals surface area (Å²) in [4.78, 5) is 0. The summed E-state index contributed by atoms with van der Waals surface area (Å²) in [6.45, 7) is 29.0. The summed E-state index contributed by atoms with van der Waals surface area (Å²) < 4.78 is 19.7. The Morgan fingerprint density at radius 3 is 1.89 bits per heavy atom. The van der Waals surface area contributed by atoms with Gasteiger partial charge < -0.3 is 13.6 Å². The van der Waals surface area contributed by atoms with Gasteiger partial charge in [-0.05, 0) is 73.9 Å². The molecule has 0 radical (unpaired) electrons. The molecule has 0 fully saturated rings. The number of ether oxygens (including phenoxy) is 1. The summed E-state index contributed by atoms with van der Waals surface area (Å²) in [5, 5.41) is 0.397. The van der Waals surface area contributed by atoms with E-state index in [1.807, 2.05) is 6.07 Å². The molecule has 5 heteroatoms. The molecule has 1 aromatic rings. The Bertz CT molecular complexity index is 817. The molecule has 3 nitrogen and oxygen atoms in total. The van der Waals surface area contributed by atoms with Gasteiger partial charge in [0.25, 0.3) is 0 Å². The molecule has 0 saturated heterocycles. The van der Waals surface area contributed by atoms with Crippen molar-refractivity contribution in [3.8, 4) is 0 Å². The molecule has 1 aromatic carbocycles. The van der Waals surface area contributed by atoms with E-state index in [4.69, 9.17) is 13.6 Å². The molecule has 0 aliphatic rings. The van der Waals surface area contributed by atoms with Crippen LogP contribution in [0, 0.1) is 5.92 Å². The third-order valence-electron chi connectivity index (χ3n) is 8.25. The Balaban J connectivity index is 2.78. The van der Waals surface area contributed by atoms with E-state index in [1.165, 1.54) is 5.56 Å². The standard InChI is InChI=1S/C32H58O3Si2/c1-13-19-29(34-36(9,10)31(3,4)5)23-18-17-20-27(2)30(35-37(11,12)32(6,7)8)24-25-33-26-28-21-15-14-16-22-28/h13-19,21-22,27,29-30H,20,23-26H2,1-12H3/b18-17+,19-13+/t27-,29-,30-/m0/s1. The Morgan fingerprint density at radius 1 is 0.811 bits per heavy atom. The molecule has 0 spiro atoms. The quantitative estimate of drug-likeness (QED) is 0.124. The molecular formula is C32H58O3Si2. The van der Waals surface area contributed by atoms with E-state index >= 15 is 0 Å². The number of rotatable bonds is 15. The zero-order valence-corrected chi connectivity index (χ0v) is 28.2. The second-order valence-electron chi connectivity index (χ2n) is 13.6. The Labute approximate surface area is 232 Å². The molecule has 0 aliphatic carbocycles. The average molecular weight is 547 g/mol. The van der Waals surface area contributed by atoms with Crippen molar-refractivity contribution in [2.24, 2.45) is 5.92 Å². The molecule has 0 saturated carbocycles. The van der Waals surface area contributed by atoms with Gasteiger partial charge in [0.2, 0.25) is 0 Å². The first-order chi connectivity index (χ1) is 17.0. The molecule has 0 N–H and O–H groups in total. The number of hydrogen-bond acceptors (Lipinski definition) is 3. The fourth-order valence-corrected chi connectivity index (χ4v) is 6.35. The zero-order valence-electron chi connectivity index (χ0n) is 26.2. The van der Waals surface area contributed by atoms with Crippen molar-refractivity contribution in [2.45, 2.75) is 130 Å². The van der Waals surface area contributed by atoms with Crippen LogP contribution in [-0.4, -0.2) is 35.4 Å². The third kappa shape index (κ3) is 12.2. The maximum absolute atomic E-state index is 6.93. The fraction of sp³-hybridized carbons (Fsp3) is 0.688. The van der Waals surface area contributed by atoms with Crippen LogP contribution in [0.2, 0.25) is 36.3 Å². The third-order valence-corrected chi connectivity index (χ3v) is 17.3. The highest BCUT2D eigenvalue weighted by atomic mass is 28.4. The van der Waals surface area contributed by atoms with E-state index < -0.39 is 16.6 Å². The second-order valence-corrected chi connectivity index (χ2v) is 23.1. The molecule has 0 heterocycles. The van der Waals surface area contributed by atoms with Gasteiger partial charge in [-0.15, -0.1) is 0 Å². The lowest BCUT2D eigenvalue weighted by molar-refractivity contribution is 0.0558. The van der Waals surface area contributed by atoms with Crippen molar-refractivity contribution < 1.29 is 13.6 Å². The molecule has 212 valence electrons.